The fourth-order valence-corrected chi connectivity index (χ4v) is 2.88. The molecule has 0 radical (unpaired) electrons. The molecule has 19 heavy (non-hydrogen) atoms. The number of ether oxygens (including phenoxy) is 1. The molecule has 3 nitrogen and oxygen atoms in total. The van der Waals surface area contributed by atoms with Crippen molar-refractivity contribution in [3.63, 3.8) is 0 Å². The summed E-state index contributed by atoms with van der Waals surface area (Å²) in [7, 11) is 0. The molecule has 1 aliphatic carbocycles. The van der Waals surface area contributed by atoms with E-state index in [1.165, 1.54) is 6.42 Å². The third-order valence-electron chi connectivity index (χ3n) is 3.79. The molecule has 0 spiro atoms. The Hall–Kier alpha value is -1.22. The zero-order valence-electron chi connectivity index (χ0n) is 10.8. The van der Waals surface area contributed by atoms with Crippen LogP contribution in [0.4, 0.5) is 0 Å². The van der Waals surface area contributed by atoms with Crippen LogP contribution in [0.2, 0.25) is 5.02 Å². The van der Waals surface area contributed by atoms with Gasteiger partial charge in [0.1, 0.15) is 12.4 Å². The molecule has 1 saturated carbocycles. The molecule has 4 heteroatoms. The largest absolute Gasteiger partial charge is 0.491 e. The molecule has 1 N–H and O–H groups in total. The van der Waals surface area contributed by atoms with Crippen LogP contribution in [-0.2, 0) is 4.79 Å². The highest BCUT2D eigenvalue weighted by Crippen LogP contribution is 2.31. The Kier molecular flexibility index (Phi) is 5.08. The van der Waals surface area contributed by atoms with E-state index < -0.39 is 11.9 Å². The molecule has 1 aliphatic rings. The van der Waals surface area contributed by atoms with Crippen LogP contribution in [0.3, 0.4) is 0 Å². The average molecular weight is 283 g/mol. The molecule has 104 valence electrons. The number of halogens is 1. The smallest absolute Gasteiger partial charge is 0.310 e. The minimum Gasteiger partial charge on any atom is -0.491 e. The lowest BCUT2D eigenvalue weighted by atomic mass is 9.80. The summed E-state index contributed by atoms with van der Waals surface area (Å²) < 4.78 is 5.60. The standard InChI is InChI=1S/C15H19ClO3/c16-13-8-4-5-9-14(13)19-10-12(15(17)18)11-6-2-1-3-7-11/h4-5,8-9,11-12H,1-3,6-7,10H2,(H,17,18). The molecular weight excluding hydrogens is 264 g/mol. The quantitative estimate of drug-likeness (QED) is 0.888. The second-order valence-corrected chi connectivity index (χ2v) is 5.49. The summed E-state index contributed by atoms with van der Waals surface area (Å²) in [5.41, 5.74) is 0. The third kappa shape index (κ3) is 3.87. The van der Waals surface area contributed by atoms with Gasteiger partial charge in [-0.1, -0.05) is 43.0 Å². The van der Waals surface area contributed by atoms with E-state index >= 15 is 0 Å². The van der Waals surface area contributed by atoms with Crippen LogP contribution in [0.1, 0.15) is 32.1 Å². The highest BCUT2D eigenvalue weighted by molar-refractivity contribution is 6.32. The van der Waals surface area contributed by atoms with E-state index in [9.17, 15) is 9.90 Å². The van der Waals surface area contributed by atoms with Gasteiger partial charge in [-0.05, 0) is 30.9 Å². The van der Waals surface area contributed by atoms with Gasteiger partial charge in [-0.15, -0.1) is 0 Å². The van der Waals surface area contributed by atoms with Crippen molar-refractivity contribution in [2.75, 3.05) is 6.61 Å². The van der Waals surface area contributed by atoms with Gasteiger partial charge in [-0.25, -0.2) is 0 Å². The molecule has 2 rings (SSSR count). The Morgan fingerprint density at radius 3 is 2.63 bits per heavy atom. The van der Waals surface area contributed by atoms with Gasteiger partial charge >= 0.3 is 5.97 Å². The lowest BCUT2D eigenvalue weighted by molar-refractivity contribution is -0.145. The molecule has 0 aromatic heterocycles. The maximum atomic E-state index is 11.4. The Bertz CT molecular complexity index is 427. The fourth-order valence-electron chi connectivity index (χ4n) is 2.69. The van der Waals surface area contributed by atoms with E-state index in [0.29, 0.717) is 10.8 Å². The first-order valence-electron chi connectivity index (χ1n) is 6.78. The SMILES string of the molecule is O=C(O)C(COc1ccccc1Cl)C1CCCCC1. The molecule has 1 atom stereocenters. The highest BCUT2D eigenvalue weighted by atomic mass is 35.5. The summed E-state index contributed by atoms with van der Waals surface area (Å²) in [4.78, 5) is 11.4. The fraction of sp³-hybridized carbons (Fsp3) is 0.533. The van der Waals surface area contributed by atoms with E-state index in [0.717, 1.165) is 25.7 Å². The molecule has 1 unspecified atom stereocenters. The van der Waals surface area contributed by atoms with Crippen molar-refractivity contribution < 1.29 is 14.6 Å². The molecular formula is C15H19ClO3. The number of carbonyl (C=O) groups is 1. The summed E-state index contributed by atoms with van der Waals surface area (Å²) in [5, 5.41) is 9.88. The van der Waals surface area contributed by atoms with Crippen molar-refractivity contribution in [3.05, 3.63) is 29.3 Å². The first-order valence-corrected chi connectivity index (χ1v) is 7.16. The van der Waals surface area contributed by atoms with E-state index in [2.05, 4.69) is 0 Å². The van der Waals surface area contributed by atoms with Crippen LogP contribution in [0.5, 0.6) is 5.75 Å². The molecule has 0 saturated heterocycles. The van der Waals surface area contributed by atoms with Gasteiger partial charge in [-0.3, -0.25) is 4.79 Å². The van der Waals surface area contributed by atoms with E-state index in [-0.39, 0.29) is 12.5 Å². The summed E-state index contributed by atoms with van der Waals surface area (Å²) in [5.74, 6) is -0.407. The van der Waals surface area contributed by atoms with Crippen molar-refractivity contribution in [2.24, 2.45) is 11.8 Å². The van der Waals surface area contributed by atoms with Gasteiger partial charge in [-0.2, -0.15) is 0 Å². The monoisotopic (exact) mass is 282 g/mol. The zero-order valence-corrected chi connectivity index (χ0v) is 11.6. The highest BCUT2D eigenvalue weighted by Gasteiger charge is 2.30. The number of benzene rings is 1. The minimum absolute atomic E-state index is 0.198. The van der Waals surface area contributed by atoms with E-state index in [1.54, 1.807) is 12.1 Å². The van der Waals surface area contributed by atoms with Crippen LogP contribution in [-0.4, -0.2) is 17.7 Å². The zero-order chi connectivity index (χ0) is 13.7. The lowest BCUT2D eigenvalue weighted by Gasteiger charge is -2.27. The second kappa shape index (κ2) is 6.80. The molecule has 0 bridgehead atoms. The summed E-state index contributed by atoms with van der Waals surface area (Å²) >= 11 is 6.00. The molecule has 1 fully saturated rings. The number of hydrogen-bond acceptors (Lipinski definition) is 2. The number of para-hydroxylation sites is 1. The van der Waals surface area contributed by atoms with Crippen molar-refractivity contribution in [1.82, 2.24) is 0 Å². The number of rotatable bonds is 5. The summed E-state index contributed by atoms with van der Waals surface area (Å²) in [6, 6.07) is 7.16. The Morgan fingerprint density at radius 2 is 2.00 bits per heavy atom. The van der Waals surface area contributed by atoms with Gasteiger partial charge in [0, 0.05) is 0 Å². The summed E-state index contributed by atoms with van der Waals surface area (Å²) in [6.45, 7) is 0.198. The van der Waals surface area contributed by atoms with Crippen molar-refractivity contribution in [2.45, 2.75) is 32.1 Å². The van der Waals surface area contributed by atoms with Crippen LogP contribution in [0, 0.1) is 11.8 Å². The van der Waals surface area contributed by atoms with Crippen molar-refractivity contribution in [1.29, 1.82) is 0 Å². The Balaban J connectivity index is 1.97. The normalized spacial score (nSPS) is 17.9. The third-order valence-corrected chi connectivity index (χ3v) is 4.10. The van der Waals surface area contributed by atoms with Crippen LogP contribution in [0.15, 0.2) is 24.3 Å². The maximum absolute atomic E-state index is 11.4. The molecule has 0 heterocycles. The number of aliphatic carboxylic acids is 1. The van der Waals surface area contributed by atoms with E-state index in [4.69, 9.17) is 16.3 Å². The first-order chi connectivity index (χ1) is 9.18. The van der Waals surface area contributed by atoms with E-state index in [1.807, 2.05) is 12.1 Å². The topological polar surface area (TPSA) is 46.5 Å². The van der Waals surface area contributed by atoms with Gasteiger partial charge in [0.15, 0.2) is 0 Å². The predicted octanol–water partition coefficient (Wildman–Crippen LogP) is 4.00. The van der Waals surface area contributed by atoms with Gasteiger partial charge < -0.3 is 9.84 Å². The van der Waals surface area contributed by atoms with Crippen LogP contribution in [0.25, 0.3) is 0 Å². The Morgan fingerprint density at radius 1 is 1.32 bits per heavy atom. The van der Waals surface area contributed by atoms with Crippen LogP contribution >= 0.6 is 11.6 Å². The summed E-state index contributed by atoms with van der Waals surface area (Å²) in [6.07, 6.45) is 5.45. The van der Waals surface area contributed by atoms with Crippen molar-refractivity contribution >= 4 is 17.6 Å². The average Bonchev–Trinajstić information content (AvgIpc) is 2.42. The Labute approximate surface area is 118 Å². The van der Waals surface area contributed by atoms with Crippen molar-refractivity contribution in [3.8, 4) is 5.75 Å². The molecule has 0 aliphatic heterocycles. The molecule has 0 amide bonds. The number of carboxylic acids is 1. The second-order valence-electron chi connectivity index (χ2n) is 5.08. The molecule has 1 aromatic rings. The lowest BCUT2D eigenvalue weighted by Crippen LogP contribution is -2.30. The predicted molar refractivity (Wildman–Crippen MR) is 74.6 cm³/mol. The van der Waals surface area contributed by atoms with Gasteiger partial charge in [0.25, 0.3) is 0 Å². The number of hydrogen-bond donors (Lipinski definition) is 1. The van der Waals surface area contributed by atoms with Gasteiger partial charge in [0.05, 0.1) is 10.9 Å². The molecule has 1 aromatic carbocycles. The van der Waals surface area contributed by atoms with Gasteiger partial charge in [0.2, 0.25) is 0 Å². The first kappa shape index (κ1) is 14.2. The van der Waals surface area contributed by atoms with Crippen LogP contribution < -0.4 is 4.74 Å². The minimum atomic E-state index is -0.765. The number of carboxylic acid groups (broad SMARTS) is 1. The maximum Gasteiger partial charge on any atom is 0.310 e.